The summed E-state index contributed by atoms with van der Waals surface area (Å²) in [6.45, 7) is 4.99. The summed E-state index contributed by atoms with van der Waals surface area (Å²) in [4.78, 5) is 0. The van der Waals surface area contributed by atoms with Crippen molar-refractivity contribution in [2.24, 2.45) is 0 Å². The van der Waals surface area contributed by atoms with Crippen LogP contribution in [-0.2, 0) is 9.47 Å². The molecule has 2 nitrogen and oxygen atoms in total. The molecule has 0 aliphatic carbocycles. The van der Waals surface area contributed by atoms with Crippen molar-refractivity contribution in [3.05, 3.63) is 0 Å². The van der Waals surface area contributed by atoms with Crippen LogP contribution in [0.5, 0.6) is 0 Å². The lowest BCUT2D eigenvalue weighted by Gasteiger charge is -2.18. The van der Waals surface area contributed by atoms with Crippen LogP contribution in [0.1, 0.15) is 64.7 Å². The Morgan fingerprint density at radius 2 is 1.41 bits per heavy atom. The summed E-state index contributed by atoms with van der Waals surface area (Å²) >= 11 is 3.95. The second-order valence-corrected chi connectivity index (χ2v) is 8.43. The number of ether oxygens (including phenoxy) is 2. The third-order valence-electron chi connectivity index (χ3n) is 4.01. The van der Waals surface area contributed by atoms with E-state index < -0.39 is 0 Å². The minimum atomic E-state index is 0.463. The first kappa shape index (κ1) is 20.7. The molecular formula is C18H36O2S2. The summed E-state index contributed by atoms with van der Waals surface area (Å²) in [5.41, 5.74) is 0. The first-order chi connectivity index (χ1) is 10.9. The molecule has 1 atom stereocenters. The van der Waals surface area contributed by atoms with Crippen LogP contribution in [-0.4, -0.2) is 48.9 Å². The van der Waals surface area contributed by atoms with Gasteiger partial charge in [0, 0.05) is 23.0 Å². The van der Waals surface area contributed by atoms with Crippen molar-refractivity contribution in [1.29, 1.82) is 0 Å². The molecule has 1 unspecified atom stereocenters. The van der Waals surface area contributed by atoms with Crippen LogP contribution in [0.15, 0.2) is 0 Å². The Labute approximate surface area is 146 Å². The highest BCUT2D eigenvalue weighted by atomic mass is 32.2. The predicted molar refractivity (Wildman–Crippen MR) is 102 cm³/mol. The lowest BCUT2D eigenvalue weighted by atomic mass is 10.1. The molecule has 0 aromatic heterocycles. The molecule has 0 saturated carbocycles. The summed E-state index contributed by atoms with van der Waals surface area (Å²) in [6.07, 6.45) is 12.9. The van der Waals surface area contributed by atoms with Gasteiger partial charge in [-0.05, 0) is 6.42 Å². The molecule has 1 aliphatic rings. The molecule has 1 fully saturated rings. The molecule has 0 bridgehead atoms. The summed E-state index contributed by atoms with van der Waals surface area (Å²) in [7, 11) is 0. The minimum Gasteiger partial charge on any atom is -0.380 e. The molecule has 1 aliphatic heterocycles. The Kier molecular flexibility index (Phi) is 15.5. The van der Waals surface area contributed by atoms with E-state index in [1.807, 2.05) is 23.5 Å². The van der Waals surface area contributed by atoms with Gasteiger partial charge >= 0.3 is 0 Å². The van der Waals surface area contributed by atoms with Crippen molar-refractivity contribution in [2.45, 2.75) is 70.8 Å². The fourth-order valence-electron chi connectivity index (χ4n) is 2.65. The first-order valence-electron chi connectivity index (χ1n) is 9.28. The molecule has 4 heteroatoms. The smallest absolute Gasteiger partial charge is 0.0665 e. The Morgan fingerprint density at radius 3 is 2.18 bits per heavy atom. The molecule has 1 heterocycles. The standard InChI is InChI=1S/C18H36O2S2/c1-2-3-4-5-6-7-8-9-10-18-17-22-15-12-19-11-14-21-16-13-20-18/h18H,2-17H2,1H3. The highest BCUT2D eigenvalue weighted by Crippen LogP contribution is 2.16. The minimum absolute atomic E-state index is 0.463. The van der Waals surface area contributed by atoms with Crippen molar-refractivity contribution in [3.8, 4) is 0 Å². The van der Waals surface area contributed by atoms with Gasteiger partial charge in [-0.2, -0.15) is 23.5 Å². The van der Waals surface area contributed by atoms with E-state index in [4.69, 9.17) is 9.47 Å². The molecule has 0 aromatic carbocycles. The first-order valence-corrected chi connectivity index (χ1v) is 11.6. The fraction of sp³-hybridized carbons (Fsp3) is 1.00. The molecule has 132 valence electrons. The van der Waals surface area contributed by atoms with Crippen LogP contribution >= 0.6 is 23.5 Å². The maximum Gasteiger partial charge on any atom is 0.0665 e. The van der Waals surface area contributed by atoms with Crippen molar-refractivity contribution in [2.75, 3.05) is 42.8 Å². The highest BCUT2D eigenvalue weighted by Gasteiger charge is 2.10. The summed E-state index contributed by atoms with van der Waals surface area (Å²) in [5.74, 6) is 4.48. The van der Waals surface area contributed by atoms with Gasteiger partial charge in [-0.3, -0.25) is 0 Å². The van der Waals surface area contributed by atoms with Crippen LogP contribution in [0.2, 0.25) is 0 Å². The lowest BCUT2D eigenvalue weighted by molar-refractivity contribution is 0.0733. The monoisotopic (exact) mass is 348 g/mol. The normalized spacial score (nSPS) is 22.0. The number of hydrogen-bond acceptors (Lipinski definition) is 4. The van der Waals surface area contributed by atoms with Gasteiger partial charge in [-0.25, -0.2) is 0 Å². The van der Waals surface area contributed by atoms with Crippen LogP contribution < -0.4 is 0 Å². The topological polar surface area (TPSA) is 18.5 Å². The van der Waals surface area contributed by atoms with Crippen molar-refractivity contribution in [3.63, 3.8) is 0 Å². The molecular weight excluding hydrogens is 312 g/mol. The second-order valence-electron chi connectivity index (χ2n) is 6.06. The number of rotatable bonds is 9. The largest absolute Gasteiger partial charge is 0.380 e. The van der Waals surface area contributed by atoms with Gasteiger partial charge in [0.25, 0.3) is 0 Å². The van der Waals surface area contributed by atoms with Gasteiger partial charge in [-0.15, -0.1) is 0 Å². The summed E-state index contributed by atoms with van der Waals surface area (Å²) in [5, 5.41) is 0. The SMILES string of the molecule is CCCCCCCCCCC1CSCCOCCSCCO1. The van der Waals surface area contributed by atoms with Gasteiger partial charge in [0.2, 0.25) is 0 Å². The Balaban J connectivity index is 2.02. The van der Waals surface area contributed by atoms with E-state index in [-0.39, 0.29) is 0 Å². The van der Waals surface area contributed by atoms with Crippen LogP contribution in [0, 0.1) is 0 Å². The van der Waals surface area contributed by atoms with Gasteiger partial charge < -0.3 is 9.47 Å². The van der Waals surface area contributed by atoms with E-state index in [0.29, 0.717) is 6.10 Å². The summed E-state index contributed by atoms with van der Waals surface area (Å²) in [6, 6.07) is 0. The van der Waals surface area contributed by atoms with Crippen LogP contribution in [0.25, 0.3) is 0 Å². The quantitative estimate of drug-likeness (QED) is 0.519. The Morgan fingerprint density at radius 1 is 0.773 bits per heavy atom. The van der Waals surface area contributed by atoms with E-state index >= 15 is 0 Å². The zero-order valence-electron chi connectivity index (χ0n) is 14.5. The average molecular weight is 349 g/mol. The molecule has 0 N–H and O–H groups in total. The Bertz CT molecular complexity index is 215. The number of unbranched alkanes of at least 4 members (excludes halogenated alkanes) is 7. The zero-order valence-corrected chi connectivity index (χ0v) is 16.2. The number of thioether (sulfide) groups is 2. The van der Waals surface area contributed by atoms with E-state index in [2.05, 4.69) is 6.92 Å². The van der Waals surface area contributed by atoms with Gasteiger partial charge in [0.15, 0.2) is 0 Å². The third-order valence-corrected chi connectivity index (χ3v) is 5.98. The maximum absolute atomic E-state index is 6.09. The molecule has 0 amide bonds. The van der Waals surface area contributed by atoms with Crippen molar-refractivity contribution >= 4 is 23.5 Å². The van der Waals surface area contributed by atoms with E-state index in [1.165, 1.54) is 57.8 Å². The predicted octanol–water partition coefficient (Wildman–Crippen LogP) is 5.40. The van der Waals surface area contributed by atoms with Crippen LogP contribution in [0.4, 0.5) is 0 Å². The van der Waals surface area contributed by atoms with Crippen molar-refractivity contribution in [1.82, 2.24) is 0 Å². The molecule has 22 heavy (non-hydrogen) atoms. The van der Waals surface area contributed by atoms with E-state index in [9.17, 15) is 0 Å². The van der Waals surface area contributed by atoms with Crippen molar-refractivity contribution < 1.29 is 9.47 Å². The number of hydrogen-bond donors (Lipinski definition) is 0. The third kappa shape index (κ3) is 13.1. The average Bonchev–Trinajstić information content (AvgIpc) is 2.52. The van der Waals surface area contributed by atoms with Gasteiger partial charge in [-0.1, -0.05) is 58.3 Å². The zero-order chi connectivity index (χ0) is 15.7. The second kappa shape index (κ2) is 16.5. The van der Waals surface area contributed by atoms with Crippen LogP contribution in [0.3, 0.4) is 0 Å². The molecule has 0 spiro atoms. The molecule has 0 aromatic rings. The molecule has 0 radical (unpaired) electrons. The maximum atomic E-state index is 6.09. The fourth-order valence-corrected chi connectivity index (χ4v) is 4.23. The Hall–Kier alpha value is 0.620. The molecule has 1 rings (SSSR count). The van der Waals surface area contributed by atoms with E-state index in [1.54, 1.807) is 0 Å². The molecule has 1 saturated heterocycles. The van der Waals surface area contributed by atoms with Gasteiger partial charge in [0.1, 0.15) is 0 Å². The van der Waals surface area contributed by atoms with E-state index in [0.717, 1.165) is 42.8 Å². The van der Waals surface area contributed by atoms with Gasteiger partial charge in [0.05, 0.1) is 25.9 Å². The highest BCUT2D eigenvalue weighted by molar-refractivity contribution is 7.99. The summed E-state index contributed by atoms with van der Waals surface area (Å²) < 4.78 is 11.7. The lowest BCUT2D eigenvalue weighted by Crippen LogP contribution is -2.19.